The highest BCUT2D eigenvalue weighted by molar-refractivity contribution is 8.18. The fourth-order valence-corrected chi connectivity index (χ4v) is 4.90. The molecule has 178 valence electrons. The lowest BCUT2D eigenvalue weighted by Gasteiger charge is -2.22. The molecule has 0 aliphatic carbocycles. The Morgan fingerprint density at radius 2 is 1.80 bits per heavy atom. The van der Waals surface area contributed by atoms with Crippen molar-refractivity contribution >= 4 is 58.6 Å². The topological polar surface area (TPSA) is 77.9 Å². The summed E-state index contributed by atoms with van der Waals surface area (Å²) in [5.41, 5.74) is 3.30. The fourth-order valence-electron chi connectivity index (χ4n) is 3.51. The summed E-state index contributed by atoms with van der Waals surface area (Å²) in [6.07, 6.45) is 1.57. The standard InChI is InChI=1S/C26H25N5O2S2/c1-17(30(3)21-11-7-8-12-22(21)34)24-25(33)31(16-19-9-5-4-6-10-19)26(35-24)29-20-13-14-23(27-15-20)28-18(2)32/h4-15,34H,16H2,1-3H3,(H,27,28,32)/b24-17+,29-26?. The molecule has 4 rings (SSSR count). The summed E-state index contributed by atoms with van der Waals surface area (Å²) in [7, 11) is 1.92. The van der Waals surface area contributed by atoms with E-state index in [1.54, 1.807) is 23.2 Å². The first-order chi connectivity index (χ1) is 16.8. The molecular weight excluding hydrogens is 478 g/mol. The Labute approximate surface area is 214 Å². The van der Waals surface area contributed by atoms with E-state index in [0.29, 0.717) is 28.1 Å². The highest BCUT2D eigenvalue weighted by atomic mass is 32.2. The largest absolute Gasteiger partial charge is 0.346 e. The first kappa shape index (κ1) is 24.6. The zero-order chi connectivity index (χ0) is 24.9. The minimum absolute atomic E-state index is 0.110. The minimum Gasteiger partial charge on any atom is -0.346 e. The molecule has 2 heterocycles. The molecule has 1 saturated heterocycles. The third kappa shape index (κ3) is 5.75. The zero-order valence-corrected chi connectivity index (χ0v) is 21.3. The van der Waals surface area contributed by atoms with Crippen LogP contribution in [0, 0.1) is 0 Å². The molecule has 1 N–H and O–H groups in total. The van der Waals surface area contributed by atoms with Crippen LogP contribution < -0.4 is 10.2 Å². The van der Waals surface area contributed by atoms with Crippen LogP contribution in [0.2, 0.25) is 0 Å². The first-order valence-corrected chi connectivity index (χ1v) is 12.2. The fraction of sp³-hybridized carbons (Fsp3) is 0.154. The Kier molecular flexibility index (Phi) is 7.57. The van der Waals surface area contributed by atoms with Crippen molar-refractivity contribution in [1.29, 1.82) is 0 Å². The Morgan fingerprint density at radius 3 is 2.46 bits per heavy atom. The van der Waals surface area contributed by atoms with Crippen molar-refractivity contribution < 1.29 is 9.59 Å². The molecule has 1 fully saturated rings. The number of thioether (sulfide) groups is 1. The number of nitrogens with zero attached hydrogens (tertiary/aromatic N) is 4. The number of carbonyl (C=O) groups excluding carboxylic acids is 2. The van der Waals surface area contributed by atoms with Gasteiger partial charge in [0, 0.05) is 24.6 Å². The van der Waals surface area contributed by atoms with E-state index in [-0.39, 0.29) is 11.8 Å². The van der Waals surface area contributed by atoms with E-state index >= 15 is 0 Å². The van der Waals surface area contributed by atoms with Crippen molar-refractivity contribution in [1.82, 2.24) is 9.88 Å². The van der Waals surface area contributed by atoms with Gasteiger partial charge < -0.3 is 10.2 Å². The molecule has 1 aliphatic heterocycles. The van der Waals surface area contributed by atoms with E-state index in [2.05, 4.69) is 22.9 Å². The molecular formula is C26H25N5O2S2. The van der Waals surface area contributed by atoms with Gasteiger partial charge >= 0.3 is 0 Å². The first-order valence-electron chi connectivity index (χ1n) is 10.9. The van der Waals surface area contributed by atoms with Crippen molar-refractivity contribution in [2.24, 2.45) is 4.99 Å². The Morgan fingerprint density at radius 1 is 1.09 bits per heavy atom. The molecule has 7 nitrogen and oxygen atoms in total. The number of allylic oxidation sites excluding steroid dienone is 1. The van der Waals surface area contributed by atoms with Crippen molar-refractivity contribution in [3.63, 3.8) is 0 Å². The predicted octanol–water partition coefficient (Wildman–Crippen LogP) is 5.46. The van der Waals surface area contributed by atoms with E-state index in [1.165, 1.54) is 18.7 Å². The number of para-hydroxylation sites is 1. The van der Waals surface area contributed by atoms with Crippen molar-refractivity contribution in [3.05, 3.63) is 89.1 Å². The number of pyridine rings is 1. The van der Waals surface area contributed by atoms with Gasteiger partial charge in [0.1, 0.15) is 5.82 Å². The number of benzene rings is 2. The van der Waals surface area contributed by atoms with E-state index in [9.17, 15) is 9.59 Å². The summed E-state index contributed by atoms with van der Waals surface area (Å²) in [6, 6.07) is 21.0. The second kappa shape index (κ2) is 10.8. The normalized spacial score (nSPS) is 15.9. The van der Waals surface area contributed by atoms with E-state index in [4.69, 9.17) is 4.99 Å². The summed E-state index contributed by atoms with van der Waals surface area (Å²) in [6.45, 7) is 3.75. The SMILES string of the molecule is CC(=O)Nc1ccc(N=C2S/C(=C(\C)N(C)c3ccccc3S)C(=O)N2Cc2ccccc2)cn1. The van der Waals surface area contributed by atoms with Gasteiger partial charge in [0.2, 0.25) is 5.91 Å². The predicted molar refractivity (Wildman–Crippen MR) is 145 cm³/mol. The molecule has 2 aromatic carbocycles. The van der Waals surface area contributed by atoms with Gasteiger partial charge in [-0.15, -0.1) is 12.6 Å². The molecule has 3 aromatic rings. The number of aromatic nitrogens is 1. The van der Waals surface area contributed by atoms with Crippen molar-refractivity contribution in [2.45, 2.75) is 25.3 Å². The monoisotopic (exact) mass is 503 g/mol. The van der Waals surface area contributed by atoms with Gasteiger partial charge in [-0.2, -0.15) is 0 Å². The summed E-state index contributed by atoms with van der Waals surface area (Å²) < 4.78 is 0. The lowest BCUT2D eigenvalue weighted by Crippen LogP contribution is -2.29. The number of thiol groups is 1. The maximum atomic E-state index is 13.6. The van der Waals surface area contributed by atoms with Crippen LogP contribution in [-0.2, 0) is 16.1 Å². The number of carbonyl (C=O) groups is 2. The molecule has 35 heavy (non-hydrogen) atoms. The molecule has 0 unspecified atom stereocenters. The van der Waals surface area contributed by atoms with Crippen LogP contribution in [0.4, 0.5) is 17.2 Å². The number of amidine groups is 1. The number of anilines is 2. The van der Waals surface area contributed by atoms with Crippen LogP contribution in [0.1, 0.15) is 19.4 Å². The number of hydrogen-bond donors (Lipinski definition) is 2. The maximum absolute atomic E-state index is 13.6. The van der Waals surface area contributed by atoms with Gasteiger partial charge in [0.05, 0.1) is 29.0 Å². The average molecular weight is 504 g/mol. The van der Waals surface area contributed by atoms with Crippen molar-refractivity contribution in [3.8, 4) is 0 Å². The van der Waals surface area contributed by atoms with Gasteiger partial charge in [-0.05, 0) is 48.5 Å². The lowest BCUT2D eigenvalue weighted by molar-refractivity contribution is -0.122. The molecule has 2 amide bonds. The number of hydrogen-bond acceptors (Lipinski definition) is 7. The molecule has 0 saturated carbocycles. The van der Waals surface area contributed by atoms with Gasteiger partial charge in [-0.3, -0.25) is 14.5 Å². The minimum atomic E-state index is -0.195. The quantitative estimate of drug-likeness (QED) is 0.345. The van der Waals surface area contributed by atoms with Gasteiger partial charge in [-0.1, -0.05) is 42.5 Å². The second-order valence-electron chi connectivity index (χ2n) is 7.92. The summed E-state index contributed by atoms with van der Waals surface area (Å²) in [5.74, 6) is 0.141. The second-order valence-corrected chi connectivity index (χ2v) is 9.38. The summed E-state index contributed by atoms with van der Waals surface area (Å²) >= 11 is 5.90. The molecule has 1 aliphatic rings. The Hall–Kier alpha value is -3.56. The zero-order valence-electron chi connectivity index (χ0n) is 19.6. The average Bonchev–Trinajstić information content (AvgIpc) is 3.15. The molecule has 0 atom stereocenters. The molecule has 0 bridgehead atoms. The van der Waals surface area contributed by atoms with Gasteiger partial charge in [-0.25, -0.2) is 9.98 Å². The number of nitrogens with one attached hydrogen (secondary N) is 1. The Balaban J connectivity index is 1.70. The van der Waals surface area contributed by atoms with E-state index in [1.807, 2.05) is 73.5 Å². The van der Waals surface area contributed by atoms with Crippen LogP contribution in [0.5, 0.6) is 0 Å². The van der Waals surface area contributed by atoms with Gasteiger partial charge in [0.25, 0.3) is 5.91 Å². The summed E-state index contributed by atoms with van der Waals surface area (Å²) in [4.78, 5) is 38.9. The molecule has 0 radical (unpaired) electrons. The maximum Gasteiger partial charge on any atom is 0.268 e. The third-order valence-electron chi connectivity index (χ3n) is 5.40. The van der Waals surface area contributed by atoms with Crippen LogP contribution in [-0.4, -0.2) is 33.9 Å². The molecule has 0 spiro atoms. The van der Waals surface area contributed by atoms with Crippen LogP contribution in [0.25, 0.3) is 0 Å². The highest BCUT2D eigenvalue weighted by Crippen LogP contribution is 2.38. The van der Waals surface area contributed by atoms with E-state index in [0.717, 1.165) is 21.8 Å². The van der Waals surface area contributed by atoms with Gasteiger partial charge in [0.15, 0.2) is 5.17 Å². The van der Waals surface area contributed by atoms with Crippen LogP contribution in [0.15, 0.2) is 93.4 Å². The molecule has 9 heteroatoms. The van der Waals surface area contributed by atoms with Crippen LogP contribution >= 0.6 is 24.4 Å². The third-order valence-corrected chi connectivity index (χ3v) is 6.95. The highest BCUT2D eigenvalue weighted by Gasteiger charge is 2.36. The molecule has 1 aromatic heterocycles. The lowest BCUT2D eigenvalue weighted by atomic mass is 10.2. The van der Waals surface area contributed by atoms with Crippen molar-refractivity contribution in [2.75, 3.05) is 17.3 Å². The number of aliphatic imine (C=N–C) groups is 1. The smallest absolute Gasteiger partial charge is 0.268 e. The number of rotatable bonds is 6. The Bertz CT molecular complexity index is 1310. The van der Waals surface area contributed by atoms with E-state index < -0.39 is 0 Å². The van der Waals surface area contributed by atoms with Crippen LogP contribution in [0.3, 0.4) is 0 Å². The number of amides is 2. The summed E-state index contributed by atoms with van der Waals surface area (Å²) in [5, 5.41) is 3.21.